The van der Waals surface area contributed by atoms with Crippen LogP contribution in [0.15, 0.2) is 41.8 Å². The molecule has 1 fully saturated rings. The van der Waals surface area contributed by atoms with E-state index in [1.54, 1.807) is 24.3 Å². The van der Waals surface area contributed by atoms with Crippen LogP contribution in [0.4, 0.5) is 0 Å². The second-order valence-electron chi connectivity index (χ2n) is 6.27. The van der Waals surface area contributed by atoms with Gasteiger partial charge in [-0.2, -0.15) is 0 Å². The minimum atomic E-state index is -0.338. The largest absolute Gasteiger partial charge is 0.396 e. The molecule has 136 valence electrons. The van der Waals surface area contributed by atoms with Gasteiger partial charge in [-0.3, -0.25) is 19.7 Å². The van der Waals surface area contributed by atoms with Gasteiger partial charge in [0.25, 0.3) is 5.91 Å². The Bertz CT molecular complexity index is 786. The number of aliphatic hydroxyl groups is 1. The summed E-state index contributed by atoms with van der Waals surface area (Å²) in [4.78, 5) is 36.4. The molecule has 7 heteroatoms. The monoisotopic (exact) mass is 372 g/mol. The van der Waals surface area contributed by atoms with Crippen molar-refractivity contribution in [3.8, 4) is 0 Å². The molecule has 0 saturated carbocycles. The fraction of sp³-hybridized carbons (Fsp3) is 0.316. The summed E-state index contributed by atoms with van der Waals surface area (Å²) in [5, 5.41) is 16.4. The van der Waals surface area contributed by atoms with Crippen molar-refractivity contribution in [2.75, 3.05) is 6.61 Å². The second kappa shape index (κ2) is 8.25. The van der Waals surface area contributed by atoms with Crippen molar-refractivity contribution >= 4 is 29.1 Å². The molecular formula is C19H20N2O4S. The third kappa shape index (κ3) is 4.36. The lowest BCUT2D eigenvalue weighted by atomic mass is 9.97. The lowest BCUT2D eigenvalue weighted by molar-refractivity contribution is -0.125. The summed E-state index contributed by atoms with van der Waals surface area (Å²) in [7, 11) is 0. The van der Waals surface area contributed by atoms with E-state index in [4.69, 9.17) is 0 Å². The first-order valence-electron chi connectivity index (χ1n) is 8.44. The molecule has 1 aliphatic rings. The first kappa shape index (κ1) is 18.3. The molecule has 3 rings (SSSR count). The van der Waals surface area contributed by atoms with Crippen molar-refractivity contribution in [2.24, 2.45) is 5.92 Å². The van der Waals surface area contributed by atoms with Crippen LogP contribution in [0, 0.1) is 5.92 Å². The van der Waals surface area contributed by atoms with Gasteiger partial charge in [0, 0.05) is 23.5 Å². The maximum absolute atomic E-state index is 12.5. The third-order valence-corrected chi connectivity index (χ3v) is 5.36. The molecule has 3 N–H and O–H groups in total. The number of rotatable bonds is 7. The highest BCUT2D eigenvalue weighted by Gasteiger charge is 2.30. The van der Waals surface area contributed by atoms with E-state index in [9.17, 15) is 19.5 Å². The standard InChI is InChI=1S/C19H20N2O4S/c22-8-7-15(16-2-1-9-26-16)20-18(24)13-5-3-12(4-6-13)10-14-11-17(23)21-19(14)25/h1-6,9,14-15,22H,7-8,10-11H2,(H,20,24)(H,21,23,25)/t14-,15+/m0/s1. The average Bonchev–Trinajstić information content (AvgIpc) is 3.25. The molecule has 2 heterocycles. The van der Waals surface area contributed by atoms with Gasteiger partial charge in [-0.25, -0.2) is 0 Å². The Balaban J connectivity index is 1.63. The van der Waals surface area contributed by atoms with E-state index in [0.717, 1.165) is 10.4 Å². The zero-order valence-electron chi connectivity index (χ0n) is 14.1. The Hall–Kier alpha value is -2.51. The Labute approximate surface area is 155 Å². The van der Waals surface area contributed by atoms with Crippen LogP contribution in [-0.2, 0) is 16.0 Å². The maximum atomic E-state index is 12.5. The maximum Gasteiger partial charge on any atom is 0.251 e. The fourth-order valence-electron chi connectivity index (χ4n) is 2.99. The van der Waals surface area contributed by atoms with Gasteiger partial charge in [0.15, 0.2) is 0 Å². The van der Waals surface area contributed by atoms with Crippen LogP contribution >= 0.6 is 11.3 Å². The number of hydrogen-bond acceptors (Lipinski definition) is 5. The number of carbonyl (C=O) groups is 3. The lowest BCUT2D eigenvalue weighted by Crippen LogP contribution is -2.28. The Morgan fingerprint density at radius 3 is 2.62 bits per heavy atom. The summed E-state index contributed by atoms with van der Waals surface area (Å²) >= 11 is 1.54. The number of amides is 3. The van der Waals surface area contributed by atoms with E-state index in [0.29, 0.717) is 18.4 Å². The van der Waals surface area contributed by atoms with E-state index >= 15 is 0 Å². The minimum absolute atomic E-state index is 0.00996. The van der Waals surface area contributed by atoms with Crippen molar-refractivity contribution in [1.29, 1.82) is 0 Å². The van der Waals surface area contributed by atoms with Crippen LogP contribution in [0.3, 0.4) is 0 Å². The summed E-state index contributed by atoms with van der Waals surface area (Å²) < 4.78 is 0. The molecule has 0 aliphatic carbocycles. The molecule has 26 heavy (non-hydrogen) atoms. The van der Waals surface area contributed by atoms with Crippen molar-refractivity contribution < 1.29 is 19.5 Å². The van der Waals surface area contributed by atoms with E-state index in [1.165, 1.54) is 11.3 Å². The van der Waals surface area contributed by atoms with E-state index in [-0.39, 0.29) is 42.7 Å². The minimum Gasteiger partial charge on any atom is -0.396 e. The number of thiophene rings is 1. The Morgan fingerprint density at radius 2 is 2.04 bits per heavy atom. The number of nitrogens with one attached hydrogen (secondary N) is 2. The number of imide groups is 1. The van der Waals surface area contributed by atoms with Gasteiger partial charge >= 0.3 is 0 Å². The van der Waals surface area contributed by atoms with Gasteiger partial charge < -0.3 is 10.4 Å². The van der Waals surface area contributed by atoms with E-state index in [2.05, 4.69) is 10.6 Å². The first-order valence-corrected chi connectivity index (χ1v) is 9.32. The van der Waals surface area contributed by atoms with Crippen LogP contribution in [0.25, 0.3) is 0 Å². The molecule has 1 aromatic heterocycles. The van der Waals surface area contributed by atoms with Crippen LogP contribution in [0.2, 0.25) is 0 Å². The average molecular weight is 372 g/mol. The zero-order chi connectivity index (χ0) is 18.5. The number of carbonyl (C=O) groups excluding carboxylic acids is 3. The lowest BCUT2D eigenvalue weighted by Gasteiger charge is -2.16. The van der Waals surface area contributed by atoms with E-state index < -0.39 is 0 Å². The molecule has 0 radical (unpaired) electrons. The second-order valence-corrected chi connectivity index (χ2v) is 7.25. The highest BCUT2D eigenvalue weighted by atomic mass is 32.1. The summed E-state index contributed by atoms with van der Waals surface area (Å²) in [5.74, 6) is -1.02. The fourth-order valence-corrected chi connectivity index (χ4v) is 3.81. The topological polar surface area (TPSA) is 95.5 Å². The van der Waals surface area contributed by atoms with Crippen molar-refractivity contribution in [3.05, 3.63) is 57.8 Å². The zero-order valence-corrected chi connectivity index (χ0v) is 14.9. The quantitative estimate of drug-likeness (QED) is 0.646. The first-order chi connectivity index (χ1) is 12.6. The number of hydrogen-bond donors (Lipinski definition) is 3. The predicted octanol–water partition coefficient (Wildman–Crippen LogP) is 1.81. The number of benzene rings is 1. The third-order valence-electron chi connectivity index (χ3n) is 4.37. The SMILES string of the molecule is O=C1C[C@H](Cc2ccc(C(=O)N[C@H](CCO)c3cccs3)cc2)C(=O)N1. The molecule has 0 spiro atoms. The Kier molecular flexibility index (Phi) is 5.80. The highest BCUT2D eigenvalue weighted by Crippen LogP contribution is 2.22. The molecule has 0 bridgehead atoms. The molecular weight excluding hydrogens is 352 g/mol. The van der Waals surface area contributed by atoms with Gasteiger partial charge in [-0.05, 0) is 42.0 Å². The van der Waals surface area contributed by atoms with Gasteiger partial charge in [0.2, 0.25) is 11.8 Å². The van der Waals surface area contributed by atoms with Crippen LogP contribution in [-0.4, -0.2) is 29.4 Å². The highest BCUT2D eigenvalue weighted by molar-refractivity contribution is 7.10. The van der Waals surface area contributed by atoms with Gasteiger partial charge in [0.1, 0.15) is 0 Å². The number of aliphatic hydroxyl groups excluding tert-OH is 1. The summed E-state index contributed by atoms with van der Waals surface area (Å²) in [5.41, 5.74) is 1.42. The molecule has 2 atom stereocenters. The van der Waals surface area contributed by atoms with Gasteiger partial charge in [-0.15, -0.1) is 11.3 Å². The molecule has 2 aromatic rings. The van der Waals surface area contributed by atoms with Crippen molar-refractivity contribution in [3.63, 3.8) is 0 Å². The van der Waals surface area contributed by atoms with Crippen molar-refractivity contribution in [2.45, 2.75) is 25.3 Å². The molecule has 1 saturated heterocycles. The van der Waals surface area contributed by atoms with Crippen LogP contribution in [0.1, 0.15) is 39.7 Å². The normalized spacial score (nSPS) is 17.8. The molecule has 3 amide bonds. The molecule has 1 aromatic carbocycles. The van der Waals surface area contributed by atoms with Crippen LogP contribution in [0.5, 0.6) is 0 Å². The summed E-state index contributed by atoms with van der Waals surface area (Å²) in [6.07, 6.45) is 1.14. The molecule has 0 unspecified atom stereocenters. The summed E-state index contributed by atoms with van der Waals surface area (Å²) in [6.45, 7) is -0.00996. The molecule has 1 aliphatic heterocycles. The summed E-state index contributed by atoms with van der Waals surface area (Å²) in [6, 6.07) is 10.7. The molecule has 6 nitrogen and oxygen atoms in total. The predicted molar refractivity (Wildman–Crippen MR) is 97.6 cm³/mol. The van der Waals surface area contributed by atoms with Gasteiger partial charge in [-0.1, -0.05) is 18.2 Å². The van der Waals surface area contributed by atoms with Crippen LogP contribution < -0.4 is 10.6 Å². The van der Waals surface area contributed by atoms with Gasteiger partial charge in [0.05, 0.1) is 12.0 Å². The Morgan fingerprint density at radius 1 is 1.27 bits per heavy atom. The van der Waals surface area contributed by atoms with Crippen molar-refractivity contribution in [1.82, 2.24) is 10.6 Å². The smallest absolute Gasteiger partial charge is 0.251 e. The van der Waals surface area contributed by atoms with E-state index in [1.807, 2.05) is 17.5 Å².